The van der Waals surface area contributed by atoms with Gasteiger partial charge in [0.05, 0.1) is 19.6 Å². The molecule has 0 aliphatic heterocycles. The van der Waals surface area contributed by atoms with Crippen molar-refractivity contribution in [1.29, 1.82) is 0 Å². The normalized spacial score (nSPS) is 11.8. The quantitative estimate of drug-likeness (QED) is 0.860. The maximum Gasteiger partial charge on any atom is 0.224 e. The van der Waals surface area contributed by atoms with Gasteiger partial charge in [0.25, 0.3) is 0 Å². The third-order valence-corrected chi connectivity index (χ3v) is 3.29. The summed E-state index contributed by atoms with van der Waals surface area (Å²) in [5.41, 5.74) is 1.33. The Balaban J connectivity index is 1.88. The first-order valence-corrected chi connectivity index (χ1v) is 6.92. The number of para-hydroxylation sites is 1. The first-order valence-electron chi connectivity index (χ1n) is 6.92. The van der Waals surface area contributed by atoms with Gasteiger partial charge >= 0.3 is 0 Å². The van der Waals surface area contributed by atoms with Crippen LogP contribution in [0, 0.1) is 5.82 Å². The fourth-order valence-electron chi connectivity index (χ4n) is 2.10. The molecule has 0 saturated carbocycles. The summed E-state index contributed by atoms with van der Waals surface area (Å²) in [5.74, 6) is 0.0681. The van der Waals surface area contributed by atoms with Gasteiger partial charge in [-0.3, -0.25) is 4.79 Å². The molecule has 0 fully saturated rings. The van der Waals surface area contributed by atoms with Crippen LogP contribution in [0.1, 0.15) is 17.2 Å². The predicted molar refractivity (Wildman–Crippen MR) is 81.1 cm³/mol. The average Bonchev–Trinajstić information content (AvgIpc) is 2.54. The van der Waals surface area contributed by atoms with Crippen LogP contribution in [0.5, 0.6) is 5.75 Å². The summed E-state index contributed by atoms with van der Waals surface area (Å²) < 4.78 is 18.0. The number of hydrogen-bond acceptors (Lipinski definition) is 3. The van der Waals surface area contributed by atoms with Crippen molar-refractivity contribution in [1.82, 2.24) is 5.32 Å². The van der Waals surface area contributed by atoms with Gasteiger partial charge in [0, 0.05) is 12.1 Å². The first-order chi connectivity index (χ1) is 10.6. The molecule has 1 atom stereocenters. The van der Waals surface area contributed by atoms with Crippen LogP contribution in [-0.4, -0.2) is 24.7 Å². The Morgan fingerprint density at radius 1 is 1.23 bits per heavy atom. The Bertz CT molecular complexity index is 628. The molecule has 2 N–H and O–H groups in total. The van der Waals surface area contributed by atoms with Crippen molar-refractivity contribution >= 4 is 5.91 Å². The summed E-state index contributed by atoms with van der Waals surface area (Å²) in [7, 11) is 1.55. The fraction of sp³-hybridized carbons (Fsp3) is 0.235. The second-order valence-corrected chi connectivity index (χ2v) is 4.86. The molecule has 0 aromatic heterocycles. The average molecular weight is 303 g/mol. The summed E-state index contributed by atoms with van der Waals surface area (Å²) in [6.45, 7) is 0.0691. The highest BCUT2D eigenvalue weighted by molar-refractivity contribution is 5.79. The molecule has 0 saturated heterocycles. The van der Waals surface area contributed by atoms with Crippen molar-refractivity contribution in [3.05, 3.63) is 65.5 Å². The van der Waals surface area contributed by atoms with Crippen LogP contribution in [0.15, 0.2) is 48.5 Å². The van der Waals surface area contributed by atoms with E-state index in [1.165, 1.54) is 24.3 Å². The lowest BCUT2D eigenvalue weighted by atomic mass is 10.1. The molecule has 0 bridgehead atoms. The Morgan fingerprint density at radius 2 is 1.91 bits per heavy atom. The molecule has 2 rings (SSSR count). The molecule has 1 amide bonds. The minimum Gasteiger partial charge on any atom is -0.496 e. The van der Waals surface area contributed by atoms with Gasteiger partial charge in [0.15, 0.2) is 0 Å². The second-order valence-electron chi connectivity index (χ2n) is 4.86. The highest BCUT2D eigenvalue weighted by atomic mass is 19.1. The molecular weight excluding hydrogens is 285 g/mol. The number of rotatable bonds is 6. The zero-order chi connectivity index (χ0) is 15.9. The van der Waals surface area contributed by atoms with Crippen LogP contribution in [0.2, 0.25) is 0 Å². The molecule has 0 aliphatic rings. The number of hydrogen-bond donors (Lipinski definition) is 2. The number of carbonyl (C=O) groups is 1. The van der Waals surface area contributed by atoms with Crippen molar-refractivity contribution in [2.45, 2.75) is 12.5 Å². The van der Waals surface area contributed by atoms with Gasteiger partial charge in [-0.2, -0.15) is 0 Å². The summed E-state index contributed by atoms with van der Waals surface area (Å²) in [6, 6.07) is 12.8. The summed E-state index contributed by atoms with van der Waals surface area (Å²) in [5, 5.41) is 12.6. The number of aliphatic hydroxyl groups is 1. The molecule has 2 aromatic rings. The molecule has 22 heavy (non-hydrogen) atoms. The molecule has 116 valence electrons. The Labute approximate surface area is 128 Å². The minimum absolute atomic E-state index is 0.0691. The summed E-state index contributed by atoms with van der Waals surface area (Å²) >= 11 is 0. The maximum atomic E-state index is 12.8. The monoisotopic (exact) mass is 303 g/mol. The molecule has 1 unspecified atom stereocenters. The highest BCUT2D eigenvalue weighted by Crippen LogP contribution is 2.18. The van der Waals surface area contributed by atoms with Gasteiger partial charge in [-0.1, -0.05) is 30.3 Å². The Morgan fingerprint density at radius 3 is 2.59 bits per heavy atom. The van der Waals surface area contributed by atoms with E-state index in [-0.39, 0.29) is 24.7 Å². The molecular formula is C17H18FNO3. The fourth-order valence-corrected chi connectivity index (χ4v) is 2.10. The number of benzene rings is 2. The van der Waals surface area contributed by atoms with Crippen molar-refractivity contribution in [3.8, 4) is 5.75 Å². The van der Waals surface area contributed by atoms with Gasteiger partial charge in [0.2, 0.25) is 5.91 Å². The van der Waals surface area contributed by atoms with Gasteiger partial charge in [-0.15, -0.1) is 0 Å². The van der Waals surface area contributed by atoms with E-state index in [4.69, 9.17) is 4.74 Å². The van der Waals surface area contributed by atoms with Crippen LogP contribution >= 0.6 is 0 Å². The number of nitrogens with one attached hydrogen (secondary N) is 1. The summed E-state index contributed by atoms with van der Waals surface area (Å²) in [6.07, 6.45) is -0.706. The third kappa shape index (κ3) is 4.30. The van der Waals surface area contributed by atoms with Crippen LogP contribution in [-0.2, 0) is 11.2 Å². The van der Waals surface area contributed by atoms with E-state index in [9.17, 15) is 14.3 Å². The SMILES string of the molecule is COc1ccccc1CC(=O)NCC(O)c1ccc(F)cc1. The lowest BCUT2D eigenvalue weighted by Crippen LogP contribution is -2.29. The van der Waals surface area contributed by atoms with Crippen molar-refractivity contribution in [3.63, 3.8) is 0 Å². The number of ether oxygens (including phenoxy) is 1. The molecule has 5 heteroatoms. The van der Waals surface area contributed by atoms with Crippen LogP contribution in [0.3, 0.4) is 0 Å². The standard InChI is InChI=1S/C17H18FNO3/c1-22-16-5-3-2-4-13(16)10-17(21)19-11-15(20)12-6-8-14(18)9-7-12/h2-9,15,20H,10-11H2,1H3,(H,19,21). The number of amides is 1. The van der Waals surface area contributed by atoms with Crippen LogP contribution in [0.4, 0.5) is 4.39 Å². The van der Waals surface area contributed by atoms with Gasteiger partial charge < -0.3 is 15.2 Å². The smallest absolute Gasteiger partial charge is 0.224 e. The predicted octanol–water partition coefficient (Wildman–Crippen LogP) is 2.23. The van der Waals surface area contributed by atoms with Crippen molar-refractivity contribution in [2.24, 2.45) is 0 Å². The van der Waals surface area contributed by atoms with Crippen molar-refractivity contribution in [2.75, 3.05) is 13.7 Å². The third-order valence-electron chi connectivity index (χ3n) is 3.29. The largest absolute Gasteiger partial charge is 0.496 e. The van der Waals surface area contributed by atoms with Gasteiger partial charge in [-0.25, -0.2) is 4.39 Å². The zero-order valence-corrected chi connectivity index (χ0v) is 12.3. The number of halogens is 1. The van der Waals surface area contributed by atoms with E-state index in [2.05, 4.69) is 5.32 Å². The molecule has 0 aliphatic carbocycles. The Kier molecular flexibility index (Phi) is 5.49. The second kappa shape index (κ2) is 7.56. The van der Waals surface area contributed by atoms with Crippen LogP contribution in [0.25, 0.3) is 0 Å². The van der Waals surface area contributed by atoms with Gasteiger partial charge in [0.1, 0.15) is 11.6 Å². The molecule has 0 radical (unpaired) electrons. The number of methoxy groups -OCH3 is 1. The number of aliphatic hydroxyl groups excluding tert-OH is 1. The molecule has 0 heterocycles. The first kappa shape index (κ1) is 16.0. The number of carbonyl (C=O) groups excluding carboxylic acids is 1. The van der Waals surface area contributed by atoms with E-state index in [1.54, 1.807) is 13.2 Å². The van der Waals surface area contributed by atoms with Gasteiger partial charge in [-0.05, 0) is 23.8 Å². The topological polar surface area (TPSA) is 58.6 Å². The van der Waals surface area contributed by atoms with Crippen LogP contribution < -0.4 is 10.1 Å². The zero-order valence-electron chi connectivity index (χ0n) is 12.3. The highest BCUT2D eigenvalue weighted by Gasteiger charge is 2.11. The van der Waals surface area contributed by atoms with E-state index in [0.29, 0.717) is 11.3 Å². The summed E-state index contributed by atoms with van der Waals surface area (Å²) in [4.78, 5) is 11.9. The van der Waals surface area contributed by atoms with E-state index < -0.39 is 6.10 Å². The molecule has 4 nitrogen and oxygen atoms in total. The van der Waals surface area contributed by atoms with E-state index >= 15 is 0 Å². The molecule has 0 spiro atoms. The lowest BCUT2D eigenvalue weighted by Gasteiger charge is -2.13. The minimum atomic E-state index is -0.873. The Hall–Kier alpha value is -2.40. The van der Waals surface area contributed by atoms with Crippen molar-refractivity contribution < 1.29 is 19.0 Å². The maximum absolute atomic E-state index is 12.8. The van der Waals surface area contributed by atoms with E-state index in [0.717, 1.165) is 5.56 Å². The molecule has 2 aromatic carbocycles. The van der Waals surface area contributed by atoms with E-state index in [1.807, 2.05) is 18.2 Å². The lowest BCUT2D eigenvalue weighted by molar-refractivity contribution is -0.120.